The van der Waals surface area contributed by atoms with Crippen molar-refractivity contribution in [2.45, 2.75) is 18.9 Å². The fourth-order valence-corrected chi connectivity index (χ4v) is 4.19. The Bertz CT molecular complexity index is 764. The van der Waals surface area contributed by atoms with E-state index in [9.17, 15) is 5.11 Å². The first-order valence-electron chi connectivity index (χ1n) is 7.86. The second kappa shape index (κ2) is 4.50. The largest absolute Gasteiger partial charge is 0.504 e. The molecule has 22 heavy (non-hydrogen) atoms. The van der Waals surface area contributed by atoms with Crippen LogP contribution in [0.15, 0.2) is 30.3 Å². The number of fused-ring (bicyclic) bond motifs is 2. The Hall–Kier alpha value is -2.00. The van der Waals surface area contributed by atoms with Gasteiger partial charge >= 0.3 is 0 Å². The predicted octanol–water partition coefficient (Wildman–Crippen LogP) is 3.30. The number of phenolic OH excluding ortho intramolecular Hbond substituents is 1. The van der Waals surface area contributed by atoms with Crippen molar-refractivity contribution in [3.63, 3.8) is 0 Å². The van der Waals surface area contributed by atoms with Gasteiger partial charge in [0.15, 0.2) is 11.5 Å². The molecule has 1 heterocycles. The minimum atomic E-state index is 0.263. The molecule has 0 saturated carbocycles. The quantitative estimate of drug-likeness (QED) is 0.818. The number of rotatable bonds is 1. The van der Waals surface area contributed by atoms with Gasteiger partial charge in [-0.15, -0.1) is 0 Å². The highest BCUT2D eigenvalue weighted by Crippen LogP contribution is 2.53. The van der Waals surface area contributed by atoms with E-state index in [0.717, 1.165) is 29.4 Å². The zero-order chi connectivity index (χ0) is 15.5. The summed E-state index contributed by atoms with van der Waals surface area (Å²) in [5, 5.41) is 10.4. The summed E-state index contributed by atoms with van der Waals surface area (Å²) in [4.78, 5) is 0. The summed E-state index contributed by atoms with van der Waals surface area (Å²) >= 11 is 0. The van der Waals surface area contributed by atoms with Gasteiger partial charge in [0, 0.05) is 24.0 Å². The van der Waals surface area contributed by atoms with Gasteiger partial charge in [-0.25, -0.2) is 0 Å². The zero-order valence-electron chi connectivity index (χ0n) is 13.4. The van der Waals surface area contributed by atoms with Gasteiger partial charge in [0.1, 0.15) is 6.04 Å². The lowest BCUT2D eigenvalue weighted by molar-refractivity contribution is -0.923. The third-order valence-electron chi connectivity index (χ3n) is 5.42. The van der Waals surface area contributed by atoms with E-state index in [1.165, 1.54) is 22.3 Å². The van der Waals surface area contributed by atoms with Gasteiger partial charge in [-0.05, 0) is 22.8 Å². The summed E-state index contributed by atoms with van der Waals surface area (Å²) < 4.78 is 6.57. The summed E-state index contributed by atoms with van der Waals surface area (Å²) in [6.07, 6.45) is 2.06. The summed E-state index contributed by atoms with van der Waals surface area (Å²) in [6.45, 7) is 1.10. The van der Waals surface area contributed by atoms with E-state index >= 15 is 0 Å². The predicted molar refractivity (Wildman–Crippen MR) is 87.2 cm³/mol. The molecule has 2 aliphatic rings. The number of aromatic hydroxyl groups is 1. The van der Waals surface area contributed by atoms with Crippen LogP contribution in [0.5, 0.6) is 11.5 Å². The summed E-state index contributed by atoms with van der Waals surface area (Å²) in [5.41, 5.74) is 6.33. The molecular formula is C19H22NO2+. The van der Waals surface area contributed by atoms with Crippen molar-refractivity contribution < 1.29 is 14.3 Å². The van der Waals surface area contributed by atoms with Gasteiger partial charge in [-0.1, -0.05) is 24.3 Å². The number of nitrogens with zero attached hydrogens (tertiary/aromatic N) is 1. The highest BCUT2D eigenvalue weighted by molar-refractivity contribution is 5.83. The molecule has 0 saturated heterocycles. The monoisotopic (exact) mass is 296 g/mol. The molecule has 2 aromatic carbocycles. The van der Waals surface area contributed by atoms with Gasteiger partial charge in [-0.3, -0.25) is 0 Å². The molecule has 3 heteroatoms. The highest BCUT2D eigenvalue weighted by atomic mass is 16.5. The molecule has 114 valence electrons. The molecule has 0 unspecified atom stereocenters. The zero-order valence-corrected chi connectivity index (χ0v) is 13.4. The standard InChI is InChI=1S/C19H21NO2/c1-20(2)9-8-13-11-16(21)19(22-3)18-14-7-5-4-6-12(14)10-15(20)17(13)18/h4-7,11,15H,8-10H2,1-3H3/p+1/t15-/m1/s1. The van der Waals surface area contributed by atoms with Crippen molar-refractivity contribution in [3.05, 3.63) is 47.0 Å². The van der Waals surface area contributed by atoms with Crippen molar-refractivity contribution in [1.29, 1.82) is 0 Å². The topological polar surface area (TPSA) is 29.5 Å². The van der Waals surface area contributed by atoms with Crippen LogP contribution < -0.4 is 4.74 Å². The number of hydrogen-bond donors (Lipinski definition) is 1. The SMILES string of the molecule is COc1c(O)cc2c3c1-c1ccccc1C[C@H]3[N+](C)(C)CC2. The molecule has 0 radical (unpaired) electrons. The van der Waals surface area contributed by atoms with E-state index in [1.54, 1.807) is 7.11 Å². The van der Waals surface area contributed by atoms with E-state index < -0.39 is 0 Å². The number of methoxy groups -OCH3 is 1. The van der Waals surface area contributed by atoms with E-state index in [0.29, 0.717) is 11.8 Å². The molecule has 1 aliphatic carbocycles. The molecular weight excluding hydrogens is 274 g/mol. The van der Waals surface area contributed by atoms with E-state index in [1.807, 2.05) is 6.07 Å². The Morgan fingerprint density at radius 3 is 2.73 bits per heavy atom. The maximum atomic E-state index is 10.4. The number of benzene rings is 2. The van der Waals surface area contributed by atoms with Gasteiger partial charge in [0.2, 0.25) is 0 Å². The first kappa shape index (κ1) is 13.6. The Morgan fingerprint density at radius 2 is 1.95 bits per heavy atom. The maximum Gasteiger partial charge on any atom is 0.168 e. The van der Waals surface area contributed by atoms with Crippen LogP contribution in [0.1, 0.15) is 22.7 Å². The lowest BCUT2D eigenvalue weighted by atomic mass is 9.75. The van der Waals surface area contributed by atoms with Crippen molar-refractivity contribution >= 4 is 0 Å². The molecule has 1 atom stereocenters. The van der Waals surface area contributed by atoms with Crippen LogP contribution in [-0.2, 0) is 12.8 Å². The van der Waals surface area contributed by atoms with Crippen LogP contribution in [0.25, 0.3) is 11.1 Å². The van der Waals surface area contributed by atoms with Gasteiger partial charge in [0.05, 0.1) is 27.7 Å². The van der Waals surface area contributed by atoms with Crippen LogP contribution in [-0.4, -0.2) is 37.3 Å². The third-order valence-corrected chi connectivity index (χ3v) is 5.42. The first-order valence-corrected chi connectivity index (χ1v) is 7.86. The lowest BCUT2D eigenvalue weighted by Gasteiger charge is -2.46. The normalized spacial score (nSPS) is 21.0. The van der Waals surface area contributed by atoms with Crippen molar-refractivity contribution in [1.82, 2.24) is 0 Å². The average molecular weight is 296 g/mol. The lowest BCUT2D eigenvalue weighted by Crippen LogP contribution is -2.49. The highest BCUT2D eigenvalue weighted by Gasteiger charge is 2.42. The minimum Gasteiger partial charge on any atom is -0.504 e. The average Bonchev–Trinajstić information content (AvgIpc) is 2.50. The molecule has 4 rings (SSSR count). The van der Waals surface area contributed by atoms with Crippen molar-refractivity contribution in [2.75, 3.05) is 27.7 Å². The minimum absolute atomic E-state index is 0.263. The molecule has 0 spiro atoms. The van der Waals surface area contributed by atoms with Crippen molar-refractivity contribution in [3.8, 4) is 22.6 Å². The fraction of sp³-hybridized carbons (Fsp3) is 0.368. The summed E-state index contributed by atoms with van der Waals surface area (Å²) in [7, 11) is 6.27. The van der Waals surface area contributed by atoms with E-state index in [-0.39, 0.29) is 5.75 Å². The number of hydrogen-bond acceptors (Lipinski definition) is 2. The van der Waals surface area contributed by atoms with Gasteiger partial charge in [0.25, 0.3) is 0 Å². The second-order valence-corrected chi connectivity index (χ2v) is 7.01. The Balaban J connectivity index is 2.11. The van der Waals surface area contributed by atoms with Crippen LogP contribution in [0.2, 0.25) is 0 Å². The van der Waals surface area contributed by atoms with E-state index in [4.69, 9.17) is 4.74 Å². The number of likely N-dealkylation sites (N-methyl/N-ethyl adjacent to an activating group) is 1. The number of phenols is 1. The third kappa shape index (κ3) is 1.72. The van der Waals surface area contributed by atoms with E-state index in [2.05, 4.69) is 38.4 Å². The molecule has 0 fully saturated rings. The molecule has 0 aromatic heterocycles. The molecule has 3 nitrogen and oxygen atoms in total. The first-order chi connectivity index (χ1) is 10.5. The maximum absolute atomic E-state index is 10.4. The molecule has 1 N–H and O–H groups in total. The Morgan fingerprint density at radius 1 is 1.18 bits per heavy atom. The van der Waals surface area contributed by atoms with Crippen molar-refractivity contribution in [2.24, 2.45) is 0 Å². The molecule has 2 aromatic rings. The molecule has 0 amide bonds. The molecule has 1 aliphatic heterocycles. The van der Waals surface area contributed by atoms with Crippen LogP contribution in [0.4, 0.5) is 0 Å². The summed E-state index contributed by atoms with van der Waals surface area (Å²) in [6, 6.07) is 10.9. The fourth-order valence-electron chi connectivity index (χ4n) is 4.19. The van der Waals surface area contributed by atoms with Gasteiger partial charge in [-0.2, -0.15) is 0 Å². The van der Waals surface area contributed by atoms with Crippen LogP contribution in [0.3, 0.4) is 0 Å². The number of ether oxygens (including phenoxy) is 1. The number of quaternary nitrogens is 1. The Labute approximate surface area is 131 Å². The second-order valence-electron chi connectivity index (χ2n) is 7.01. The molecule has 0 bridgehead atoms. The van der Waals surface area contributed by atoms with Crippen LogP contribution >= 0.6 is 0 Å². The Kier molecular flexibility index (Phi) is 2.79. The summed E-state index contributed by atoms with van der Waals surface area (Å²) in [5.74, 6) is 0.886. The smallest absolute Gasteiger partial charge is 0.168 e. The van der Waals surface area contributed by atoms with Crippen LogP contribution in [0, 0.1) is 0 Å². The van der Waals surface area contributed by atoms with Gasteiger partial charge < -0.3 is 14.3 Å².